The summed E-state index contributed by atoms with van der Waals surface area (Å²) in [5.74, 6) is -0.266. The van der Waals surface area contributed by atoms with Gasteiger partial charge in [-0.25, -0.2) is 9.37 Å². The topological polar surface area (TPSA) is 37.3 Å². The Hall–Kier alpha value is -2.24. The summed E-state index contributed by atoms with van der Waals surface area (Å²) < 4.78 is 12.8. The average Bonchev–Trinajstić information content (AvgIpc) is 2.99. The van der Waals surface area contributed by atoms with E-state index in [1.165, 1.54) is 23.5 Å². The molecular weight excluding hydrogens is 321 g/mol. The van der Waals surface area contributed by atoms with E-state index in [2.05, 4.69) is 15.5 Å². The molecule has 0 saturated carbocycles. The van der Waals surface area contributed by atoms with Crippen LogP contribution in [0.25, 0.3) is 11.3 Å². The second-order valence-corrected chi connectivity index (χ2v) is 5.76. The van der Waals surface area contributed by atoms with E-state index in [0.29, 0.717) is 10.2 Å². The van der Waals surface area contributed by atoms with Gasteiger partial charge in [0, 0.05) is 16.0 Å². The summed E-state index contributed by atoms with van der Waals surface area (Å²) >= 11 is 7.33. The van der Waals surface area contributed by atoms with Crippen LogP contribution >= 0.6 is 22.9 Å². The lowest BCUT2D eigenvalue weighted by Gasteiger charge is -1.96. The molecule has 3 aromatic rings. The van der Waals surface area contributed by atoms with E-state index in [1.54, 1.807) is 18.3 Å². The van der Waals surface area contributed by atoms with Crippen LogP contribution in [0.5, 0.6) is 0 Å². The maximum Gasteiger partial charge on any atom is 0.203 e. The van der Waals surface area contributed by atoms with E-state index in [0.717, 1.165) is 16.8 Å². The molecule has 1 heterocycles. The Balaban J connectivity index is 1.66. The van der Waals surface area contributed by atoms with Crippen LogP contribution < -0.4 is 5.43 Å². The fourth-order valence-electron chi connectivity index (χ4n) is 1.79. The molecule has 0 amide bonds. The average molecular weight is 332 g/mol. The zero-order valence-corrected chi connectivity index (χ0v) is 12.9. The first-order chi connectivity index (χ1) is 10.7. The van der Waals surface area contributed by atoms with Crippen molar-refractivity contribution in [3.05, 3.63) is 70.3 Å². The number of hydrogen-bond acceptors (Lipinski definition) is 4. The van der Waals surface area contributed by atoms with Gasteiger partial charge >= 0.3 is 0 Å². The Morgan fingerprint density at radius 2 is 1.82 bits per heavy atom. The Morgan fingerprint density at radius 1 is 1.09 bits per heavy atom. The van der Waals surface area contributed by atoms with Crippen LogP contribution in [0.15, 0.2) is 59.0 Å². The van der Waals surface area contributed by atoms with Gasteiger partial charge < -0.3 is 0 Å². The van der Waals surface area contributed by atoms with Crippen LogP contribution in [0, 0.1) is 5.82 Å². The number of anilines is 1. The highest BCUT2D eigenvalue weighted by molar-refractivity contribution is 7.14. The molecule has 110 valence electrons. The number of nitrogens with zero attached hydrogens (tertiary/aromatic N) is 2. The largest absolute Gasteiger partial charge is 0.253 e. The maximum absolute atomic E-state index is 12.8. The molecule has 0 saturated heterocycles. The molecular formula is C16H11ClFN3S. The normalized spacial score (nSPS) is 11.0. The number of rotatable bonds is 4. The van der Waals surface area contributed by atoms with Crippen molar-refractivity contribution in [1.82, 2.24) is 4.98 Å². The van der Waals surface area contributed by atoms with Gasteiger partial charge in [0.2, 0.25) is 5.13 Å². The van der Waals surface area contributed by atoms with Crippen molar-refractivity contribution in [2.24, 2.45) is 5.10 Å². The molecule has 2 aromatic carbocycles. The van der Waals surface area contributed by atoms with Gasteiger partial charge in [-0.05, 0) is 29.8 Å². The summed E-state index contributed by atoms with van der Waals surface area (Å²) in [6, 6.07) is 13.6. The standard InChI is InChI=1S/C16H11ClFN3S/c17-13-5-3-12(4-6-13)15-10-22-16(20-15)21-19-9-11-1-7-14(18)8-2-11/h1-10H,(H,20,21)/b19-9-. The third kappa shape index (κ3) is 3.69. The fourth-order valence-corrected chi connectivity index (χ4v) is 2.58. The van der Waals surface area contributed by atoms with E-state index >= 15 is 0 Å². The molecule has 0 fully saturated rings. The van der Waals surface area contributed by atoms with Crippen LogP contribution in [0.1, 0.15) is 5.56 Å². The molecule has 0 aliphatic rings. The Bertz CT molecular complexity index is 782. The quantitative estimate of drug-likeness (QED) is 0.536. The minimum Gasteiger partial charge on any atom is -0.253 e. The third-order valence-corrected chi connectivity index (χ3v) is 3.89. The number of benzene rings is 2. The molecule has 1 N–H and O–H groups in total. The molecule has 3 rings (SSSR count). The highest BCUT2D eigenvalue weighted by Gasteiger charge is 2.03. The van der Waals surface area contributed by atoms with Crippen molar-refractivity contribution >= 4 is 34.3 Å². The van der Waals surface area contributed by atoms with E-state index in [4.69, 9.17) is 11.6 Å². The number of thiazole rings is 1. The summed E-state index contributed by atoms with van der Waals surface area (Å²) in [5, 5.41) is 7.41. The lowest BCUT2D eigenvalue weighted by Crippen LogP contribution is -1.90. The molecule has 1 aromatic heterocycles. The van der Waals surface area contributed by atoms with Crippen LogP contribution in [0.4, 0.5) is 9.52 Å². The predicted molar refractivity (Wildman–Crippen MR) is 90.2 cm³/mol. The summed E-state index contributed by atoms with van der Waals surface area (Å²) in [5.41, 5.74) is 5.53. The van der Waals surface area contributed by atoms with Crippen molar-refractivity contribution in [2.75, 3.05) is 5.43 Å². The highest BCUT2D eigenvalue weighted by Crippen LogP contribution is 2.25. The molecule has 0 unspecified atom stereocenters. The number of hydrogen-bond donors (Lipinski definition) is 1. The van der Waals surface area contributed by atoms with Crippen molar-refractivity contribution in [3.8, 4) is 11.3 Å². The molecule has 0 bridgehead atoms. The second-order valence-electron chi connectivity index (χ2n) is 4.47. The van der Waals surface area contributed by atoms with Crippen molar-refractivity contribution < 1.29 is 4.39 Å². The van der Waals surface area contributed by atoms with Gasteiger partial charge in [-0.15, -0.1) is 11.3 Å². The smallest absolute Gasteiger partial charge is 0.203 e. The Labute approximate surface area is 136 Å². The molecule has 3 nitrogen and oxygen atoms in total. The van der Waals surface area contributed by atoms with Crippen molar-refractivity contribution in [3.63, 3.8) is 0 Å². The fraction of sp³-hybridized carbons (Fsp3) is 0. The Kier molecular flexibility index (Phi) is 4.46. The minimum atomic E-state index is -0.266. The molecule has 0 aliphatic carbocycles. The van der Waals surface area contributed by atoms with Crippen molar-refractivity contribution in [2.45, 2.75) is 0 Å². The SMILES string of the molecule is Fc1ccc(/C=N\Nc2nc(-c3ccc(Cl)cc3)cs2)cc1. The summed E-state index contributed by atoms with van der Waals surface area (Å²) in [4.78, 5) is 4.45. The first kappa shape index (κ1) is 14.7. The third-order valence-electron chi connectivity index (χ3n) is 2.89. The Morgan fingerprint density at radius 3 is 2.55 bits per heavy atom. The van der Waals surface area contributed by atoms with E-state index in [1.807, 2.05) is 29.6 Å². The van der Waals surface area contributed by atoms with Crippen LogP contribution in [0.2, 0.25) is 5.02 Å². The van der Waals surface area contributed by atoms with Crippen molar-refractivity contribution in [1.29, 1.82) is 0 Å². The van der Waals surface area contributed by atoms with Crippen LogP contribution in [-0.4, -0.2) is 11.2 Å². The zero-order chi connectivity index (χ0) is 15.4. The van der Waals surface area contributed by atoms with E-state index in [-0.39, 0.29) is 5.82 Å². The van der Waals surface area contributed by atoms with E-state index < -0.39 is 0 Å². The lowest BCUT2D eigenvalue weighted by molar-refractivity contribution is 0.628. The first-order valence-corrected chi connectivity index (χ1v) is 7.72. The van der Waals surface area contributed by atoms with Gasteiger partial charge in [0.05, 0.1) is 11.9 Å². The van der Waals surface area contributed by atoms with Gasteiger partial charge in [-0.1, -0.05) is 35.9 Å². The van der Waals surface area contributed by atoms with Gasteiger partial charge in [0.1, 0.15) is 5.82 Å². The predicted octanol–water partition coefficient (Wildman–Crippen LogP) is 5.05. The second kappa shape index (κ2) is 6.68. The van der Waals surface area contributed by atoms with Gasteiger partial charge in [-0.3, -0.25) is 5.43 Å². The summed E-state index contributed by atoms with van der Waals surface area (Å²) in [6.07, 6.45) is 1.61. The lowest BCUT2D eigenvalue weighted by atomic mass is 10.2. The minimum absolute atomic E-state index is 0.266. The zero-order valence-electron chi connectivity index (χ0n) is 11.3. The van der Waals surface area contributed by atoms with Gasteiger partial charge in [0.15, 0.2) is 0 Å². The molecule has 0 aliphatic heterocycles. The van der Waals surface area contributed by atoms with Gasteiger partial charge in [-0.2, -0.15) is 5.10 Å². The highest BCUT2D eigenvalue weighted by atomic mass is 35.5. The van der Waals surface area contributed by atoms with Crippen LogP contribution in [-0.2, 0) is 0 Å². The molecule has 0 atom stereocenters. The number of nitrogens with one attached hydrogen (secondary N) is 1. The summed E-state index contributed by atoms with van der Waals surface area (Å²) in [7, 11) is 0. The monoisotopic (exact) mass is 331 g/mol. The van der Waals surface area contributed by atoms with Crippen LogP contribution in [0.3, 0.4) is 0 Å². The molecule has 0 radical (unpaired) electrons. The summed E-state index contributed by atoms with van der Waals surface area (Å²) in [6.45, 7) is 0. The number of halogens is 2. The van der Waals surface area contributed by atoms with Gasteiger partial charge in [0.25, 0.3) is 0 Å². The van der Waals surface area contributed by atoms with E-state index in [9.17, 15) is 4.39 Å². The molecule has 0 spiro atoms. The maximum atomic E-state index is 12.8. The molecule has 6 heteroatoms. The first-order valence-electron chi connectivity index (χ1n) is 6.47. The number of hydrazone groups is 1. The number of aromatic nitrogens is 1. The molecule has 22 heavy (non-hydrogen) atoms.